The number of carbonyl (C=O) groups excluding carboxylic acids is 2. The first-order valence-corrected chi connectivity index (χ1v) is 13.0. The van der Waals surface area contributed by atoms with E-state index < -0.39 is 5.60 Å². The minimum atomic E-state index is -1.02. The van der Waals surface area contributed by atoms with Gasteiger partial charge in [-0.3, -0.25) is 9.59 Å². The predicted molar refractivity (Wildman–Crippen MR) is 146 cm³/mol. The molecule has 4 rings (SSSR count). The molecule has 1 atom stereocenters. The Bertz CT molecular complexity index is 1220. The molecular formula is C30H33ClN2O5. The van der Waals surface area contributed by atoms with Gasteiger partial charge in [-0.1, -0.05) is 60.1 Å². The summed E-state index contributed by atoms with van der Waals surface area (Å²) < 4.78 is 18.0. The highest BCUT2D eigenvalue weighted by Gasteiger charge is 2.42. The van der Waals surface area contributed by atoms with E-state index in [9.17, 15) is 9.59 Å². The van der Waals surface area contributed by atoms with Crippen molar-refractivity contribution < 1.29 is 23.8 Å². The summed E-state index contributed by atoms with van der Waals surface area (Å²) in [5, 5.41) is 0.647. The molecule has 0 radical (unpaired) electrons. The zero-order valence-electron chi connectivity index (χ0n) is 21.8. The molecule has 7 nitrogen and oxygen atoms in total. The van der Waals surface area contributed by atoms with Gasteiger partial charge < -0.3 is 24.0 Å². The minimum Gasteiger partial charge on any atom is -0.490 e. The van der Waals surface area contributed by atoms with E-state index in [0.717, 1.165) is 11.1 Å². The summed E-state index contributed by atoms with van der Waals surface area (Å²) in [6.45, 7) is 3.28. The van der Waals surface area contributed by atoms with Crippen LogP contribution in [0.5, 0.6) is 11.5 Å². The average molecular weight is 537 g/mol. The molecule has 1 saturated heterocycles. The van der Waals surface area contributed by atoms with E-state index in [1.807, 2.05) is 61.5 Å². The summed E-state index contributed by atoms with van der Waals surface area (Å²) in [6.07, 6.45) is 0.0617. The van der Waals surface area contributed by atoms with Gasteiger partial charge >= 0.3 is 0 Å². The molecule has 1 aliphatic heterocycles. The number of carbonyl (C=O) groups is 2. The van der Waals surface area contributed by atoms with Crippen LogP contribution in [0.15, 0.2) is 78.9 Å². The van der Waals surface area contributed by atoms with E-state index in [2.05, 4.69) is 0 Å². The second-order valence-electron chi connectivity index (χ2n) is 9.56. The lowest BCUT2D eigenvalue weighted by atomic mass is 9.96. The van der Waals surface area contributed by atoms with Gasteiger partial charge in [-0.2, -0.15) is 0 Å². The van der Waals surface area contributed by atoms with Crippen LogP contribution in [-0.4, -0.2) is 67.2 Å². The first kappa shape index (κ1) is 27.5. The average Bonchev–Trinajstić information content (AvgIpc) is 2.93. The van der Waals surface area contributed by atoms with Gasteiger partial charge in [-0.15, -0.1) is 0 Å². The molecule has 200 valence electrons. The highest BCUT2D eigenvalue weighted by Crippen LogP contribution is 2.27. The number of aryl methyl sites for hydroxylation is 1. The Morgan fingerprint density at radius 3 is 2.42 bits per heavy atom. The molecule has 0 saturated carbocycles. The van der Waals surface area contributed by atoms with Gasteiger partial charge in [0.2, 0.25) is 5.91 Å². The fourth-order valence-electron chi connectivity index (χ4n) is 4.33. The second-order valence-corrected chi connectivity index (χ2v) is 9.97. The van der Waals surface area contributed by atoms with Crippen LogP contribution in [0.2, 0.25) is 5.02 Å². The van der Waals surface area contributed by atoms with Crippen LogP contribution >= 0.6 is 11.6 Å². The normalized spacial score (nSPS) is 17.1. The number of rotatable bonds is 10. The van der Waals surface area contributed by atoms with Gasteiger partial charge in [-0.25, -0.2) is 0 Å². The topological polar surface area (TPSA) is 68.3 Å². The molecule has 1 aliphatic rings. The maximum Gasteiger partial charge on any atom is 0.260 e. The van der Waals surface area contributed by atoms with Crippen LogP contribution in [0, 0.1) is 6.92 Å². The van der Waals surface area contributed by atoms with Gasteiger partial charge in [0.15, 0.2) is 6.61 Å². The lowest BCUT2D eigenvalue weighted by Gasteiger charge is -2.42. The maximum absolute atomic E-state index is 13.4. The molecule has 1 fully saturated rings. The Morgan fingerprint density at radius 2 is 1.71 bits per heavy atom. The molecule has 0 bridgehead atoms. The summed E-state index contributed by atoms with van der Waals surface area (Å²) in [4.78, 5) is 29.8. The van der Waals surface area contributed by atoms with Crippen LogP contribution in [0.3, 0.4) is 0 Å². The molecule has 3 aromatic carbocycles. The molecule has 38 heavy (non-hydrogen) atoms. The maximum atomic E-state index is 13.4. The van der Waals surface area contributed by atoms with Gasteiger partial charge in [0.25, 0.3) is 5.91 Å². The number of ether oxygens (including phenoxy) is 3. The Kier molecular flexibility index (Phi) is 9.26. The third-order valence-electron chi connectivity index (χ3n) is 6.50. The van der Waals surface area contributed by atoms with E-state index in [1.54, 1.807) is 41.1 Å². The summed E-state index contributed by atoms with van der Waals surface area (Å²) in [5.41, 5.74) is 0.900. The van der Waals surface area contributed by atoms with E-state index in [0.29, 0.717) is 29.6 Å². The Labute approximate surface area is 228 Å². The fourth-order valence-corrected chi connectivity index (χ4v) is 4.45. The Balaban J connectivity index is 1.47. The smallest absolute Gasteiger partial charge is 0.260 e. The van der Waals surface area contributed by atoms with Crippen molar-refractivity contribution in [3.63, 3.8) is 0 Å². The van der Waals surface area contributed by atoms with Crippen molar-refractivity contribution >= 4 is 23.4 Å². The molecule has 1 heterocycles. The van der Waals surface area contributed by atoms with Crippen molar-refractivity contribution in [2.24, 2.45) is 0 Å². The van der Waals surface area contributed by atoms with Crippen molar-refractivity contribution in [2.75, 3.05) is 40.0 Å². The van der Waals surface area contributed by atoms with Crippen LogP contribution in [0.1, 0.15) is 17.5 Å². The molecule has 3 aromatic rings. The number of nitrogens with zero attached hydrogens (tertiary/aromatic N) is 2. The fraction of sp³-hybridized carbons (Fsp3) is 0.333. The quantitative estimate of drug-likeness (QED) is 0.374. The summed E-state index contributed by atoms with van der Waals surface area (Å²) in [6, 6.07) is 24.4. The van der Waals surface area contributed by atoms with Crippen molar-refractivity contribution in [1.82, 2.24) is 9.80 Å². The number of hydrogen-bond acceptors (Lipinski definition) is 5. The number of hydrogen-bond donors (Lipinski definition) is 0. The lowest BCUT2D eigenvalue weighted by molar-refractivity contribution is -0.166. The standard InChI is InChI=1S/C30H33ClN2O5/c1-23-17-26(13-14-27(23)31)37-22-30(18-28(34)32(2)19-24-9-5-3-6-10-24)21-33(15-16-38-30)29(35)20-36-25-11-7-4-8-12-25/h3-14,17H,15-16,18-22H2,1-2H3. The van der Waals surface area contributed by atoms with Gasteiger partial charge in [0.1, 0.15) is 23.7 Å². The number of para-hydroxylation sites is 1. The van der Waals surface area contributed by atoms with Crippen molar-refractivity contribution in [1.29, 1.82) is 0 Å². The second kappa shape index (κ2) is 12.8. The van der Waals surface area contributed by atoms with E-state index in [1.165, 1.54) is 0 Å². The molecule has 0 aliphatic carbocycles. The summed E-state index contributed by atoms with van der Waals surface area (Å²) >= 11 is 6.17. The first-order valence-electron chi connectivity index (χ1n) is 12.6. The van der Waals surface area contributed by atoms with Crippen molar-refractivity contribution in [3.05, 3.63) is 95.0 Å². The summed E-state index contributed by atoms with van der Waals surface area (Å²) in [5.74, 6) is 0.976. The highest BCUT2D eigenvalue weighted by molar-refractivity contribution is 6.31. The largest absolute Gasteiger partial charge is 0.490 e. The molecule has 2 amide bonds. The van der Waals surface area contributed by atoms with Crippen molar-refractivity contribution in [3.8, 4) is 11.5 Å². The third kappa shape index (κ3) is 7.49. The molecule has 0 spiro atoms. The van der Waals surface area contributed by atoms with E-state index in [4.69, 9.17) is 25.8 Å². The summed E-state index contributed by atoms with van der Waals surface area (Å²) in [7, 11) is 1.77. The zero-order valence-corrected chi connectivity index (χ0v) is 22.5. The third-order valence-corrected chi connectivity index (χ3v) is 6.92. The van der Waals surface area contributed by atoms with Gasteiger partial charge in [0, 0.05) is 25.2 Å². The minimum absolute atomic E-state index is 0.0617. The van der Waals surface area contributed by atoms with Crippen molar-refractivity contribution in [2.45, 2.75) is 25.5 Å². The monoisotopic (exact) mass is 536 g/mol. The Hall–Kier alpha value is -3.55. The predicted octanol–water partition coefficient (Wildman–Crippen LogP) is 4.75. The molecular weight excluding hydrogens is 504 g/mol. The highest BCUT2D eigenvalue weighted by atomic mass is 35.5. The number of morpholine rings is 1. The van der Waals surface area contributed by atoms with Crippen LogP contribution in [0.4, 0.5) is 0 Å². The zero-order chi connectivity index (χ0) is 27.0. The van der Waals surface area contributed by atoms with E-state index in [-0.39, 0.29) is 44.6 Å². The molecule has 0 N–H and O–H groups in total. The number of benzene rings is 3. The molecule has 8 heteroatoms. The van der Waals surface area contributed by atoms with Gasteiger partial charge in [-0.05, 0) is 48.4 Å². The molecule has 0 aromatic heterocycles. The molecule has 1 unspecified atom stereocenters. The van der Waals surface area contributed by atoms with Crippen LogP contribution in [-0.2, 0) is 20.9 Å². The first-order chi connectivity index (χ1) is 18.3. The van der Waals surface area contributed by atoms with Crippen LogP contribution in [0.25, 0.3) is 0 Å². The number of halogens is 1. The van der Waals surface area contributed by atoms with Gasteiger partial charge in [0.05, 0.1) is 19.6 Å². The van der Waals surface area contributed by atoms with Crippen LogP contribution < -0.4 is 9.47 Å². The van der Waals surface area contributed by atoms with E-state index >= 15 is 0 Å². The Morgan fingerprint density at radius 1 is 1.00 bits per heavy atom. The lowest BCUT2D eigenvalue weighted by Crippen LogP contribution is -2.58. The number of amides is 2. The SMILES string of the molecule is Cc1cc(OCC2(CC(=O)N(C)Cc3ccccc3)CN(C(=O)COc3ccccc3)CCO2)ccc1Cl.